The van der Waals surface area contributed by atoms with Crippen molar-refractivity contribution in [2.45, 2.75) is 58.0 Å². The third-order valence-electron chi connectivity index (χ3n) is 7.08. The molecule has 1 aliphatic rings. The highest BCUT2D eigenvalue weighted by Crippen LogP contribution is 2.28. The first kappa shape index (κ1) is 27.4. The van der Waals surface area contributed by atoms with Crippen molar-refractivity contribution in [1.29, 1.82) is 0 Å². The number of alkyl halides is 1. The van der Waals surface area contributed by atoms with Crippen LogP contribution in [-0.4, -0.2) is 47.4 Å². The van der Waals surface area contributed by atoms with Crippen LogP contribution in [0.25, 0.3) is 10.2 Å². The van der Waals surface area contributed by atoms with Gasteiger partial charge in [-0.1, -0.05) is 28.1 Å². The molecule has 198 valence electrons. The van der Waals surface area contributed by atoms with Gasteiger partial charge in [-0.2, -0.15) is 0 Å². The summed E-state index contributed by atoms with van der Waals surface area (Å²) in [6.07, 6.45) is 4.84. The molecular weight excluding hydrogens is 554 g/mol. The van der Waals surface area contributed by atoms with Gasteiger partial charge in [-0.25, -0.2) is 0 Å². The standard InChI is InChI=1S/C28H34BrN3O4S/c1-3-31(22-8-4-6-19(16-22)7-5-14-29)26(33)18-32-23-13-15-37-25(23)17-24(32)27(34)30-21-11-9-20(10-12-21)28(35)36-2/h4,6,8,13,15-17,20-21H,3,5,7,9-12,14,18H2,1-2H3,(H,30,34)/t20-,21-. The van der Waals surface area contributed by atoms with Crippen LogP contribution in [0.4, 0.5) is 5.69 Å². The highest BCUT2D eigenvalue weighted by atomic mass is 79.9. The second kappa shape index (κ2) is 12.7. The van der Waals surface area contributed by atoms with Crippen LogP contribution in [0.15, 0.2) is 41.8 Å². The zero-order valence-corrected chi connectivity index (χ0v) is 23.8. The number of ether oxygens (including phenoxy) is 1. The van der Waals surface area contributed by atoms with E-state index < -0.39 is 0 Å². The molecule has 2 heterocycles. The van der Waals surface area contributed by atoms with E-state index in [1.54, 1.807) is 16.2 Å². The van der Waals surface area contributed by atoms with E-state index in [0.717, 1.165) is 46.9 Å². The van der Waals surface area contributed by atoms with Crippen LogP contribution in [0.2, 0.25) is 0 Å². The van der Waals surface area contributed by atoms with Crippen molar-refractivity contribution in [2.75, 3.05) is 23.9 Å². The van der Waals surface area contributed by atoms with Crippen LogP contribution < -0.4 is 10.2 Å². The minimum absolute atomic E-state index is 0.0000980. The highest BCUT2D eigenvalue weighted by Gasteiger charge is 2.29. The minimum atomic E-state index is -0.183. The van der Waals surface area contributed by atoms with Gasteiger partial charge in [0.1, 0.15) is 12.2 Å². The molecule has 4 rings (SSSR count). The number of nitrogens with zero attached hydrogens (tertiary/aromatic N) is 2. The smallest absolute Gasteiger partial charge is 0.308 e. The summed E-state index contributed by atoms with van der Waals surface area (Å²) in [6.45, 7) is 2.59. The Morgan fingerprint density at radius 1 is 1.16 bits per heavy atom. The fraction of sp³-hybridized carbons (Fsp3) is 0.464. The molecule has 0 saturated heterocycles. The minimum Gasteiger partial charge on any atom is -0.469 e. The van der Waals surface area contributed by atoms with Gasteiger partial charge in [0.05, 0.1) is 23.2 Å². The monoisotopic (exact) mass is 587 g/mol. The molecule has 2 aromatic heterocycles. The van der Waals surface area contributed by atoms with Gasteiger partial charge in [0, 0.05) is 23.6 Å². The zero-order valence-electron chi connectivity index (χ0n) is 21.4. The van der Waals surface area contributed by atoms with Crippen molar-refractivity contribution < 1.29 is 19.1 Å². The molecule has 0 atom stereocenters. The molecule has 1 aromatic carbocycles. The summed E-state index contributed by atoms with van der Waals surface area (Å²) >= 11 is 5.04. The number of esters is 1. The Morgan fingerprint density at radius 3 is 2.65 bits per heavy atom. The van der Waals surface area contributed by atoms with Gasteiger partial charge in [-0.3, -0.25) is 14.4 Å². The lowest BCUT2D eigenvalue weighted by molar-refractivity contribution is -0.146. The highest BCUT2D eigenvalue weighted by molar-refractivity contribution is 9.09. The summed E-state index contributed by atoms with van der Waals surface area (Å²) in [5.41, 5.74) is 3.46. The number of anilines is 1. The Morgan fingerprint density at radius 2 is 1.95 bits per heavy atom. The summed E-state index contributed by atoms with van der Waals surface area (Å²) in [5.74, 6) is -0.511. The summed E-state index contributed by atoms with van der Waals surface area (Å²) in [5, 5.41) is 6.06. The first-order valence-electron chi connectivity index (χ1n) is 12.9. The number of nitrogens with one attached hydrogen (secondary N) is 1. The number of thiophene rings is 1. The van der Waals surface area contributed by atoms with Gasteiger partial charge in [0.2, 0.25) is 5.91 Å². The molecule has 3 aromatic rings. The zero-order chi connectivity index (χ0) is 26.4. The van der Waals surface area contributed by atoms with E-state index in [2.05, 4.69) is 33.4 Å². The summed E-state index contributed by atoms with van der Waals surface area (Å²) in [4.78, 5) is 40.5. The van der Waals surface area contributed by atoms with E-state index in [0.29, 0.717) is 25.1 Å². The molecule has 0 aliphatic heterocycles. The van der Waals surface area contributed by atoms with Crippen LogP contribution >= 0.6 is 27.3 Å². The van der Waals surface area contributed by atoms with Crippen LogP contribution in [0.5, 0.6) is 0 Å². The number of amides is 2. The number of aromatic nitrogens is 1. The molecule has 1 saturated carbocycles. The molecular formula is C28H34BrN3O4S. The van der Waals surface area contributed by atoms with E-state index in [1.807, 2.05) is 41.1 Å². The third-order valence-corrected chi connectivity index (χ3v) is 8.50. The second-order valence-electron chi connectivity index (χ2n) is 9.43. The molecule has 1 N–H and O–H groups in total. The molecule has 2 amide bonds. The Balaban J connectivity index is 1.50. The average Bonchev–Trinajstić information content (AvgIpc) is 3.51. The number of methoxy groups -OCH3 is 1. The Labute approximate surface area is 230 Å². The lowest BCUT2D eigenvalue weighted by Crippen LogP contribution is -2.40. The number of halogens is 1. The van der Waals surface area contributed by atoms with Gasteiger partial charge in [0.25, 0.3) is 5.91 Å². The number of carbonyl (C=O) groups excluding carboxylic acids is 3. The number of likely N-dealkylation sites (N-methyl/N-ethyl adjacent to an activating group) is 1. The normalized spacial score (nSPS) is 17.5. The maximum Gasteiger partial charge on any atom is 0.308 e. The quantitative estimate of drug-likeness (QED) is 0.249. The molecule has 0 spiro atoms. The van der Waals surface area contributed by atoms with Crippen LogP contribution in [0.3, 0.4) is 0 Å². The van der Waals surface area contributed by atoms with Crippen molar-refractivity contribution in [3.63, 3.8) is 0 Å². The number of hydrogen-bond acceptors (Lipinski definition) is 5. The Hall–Kier alpha value is -2.65. The van der Waals surface area contributed by atoms with Gasteiger partial charge in [-0.15, -0.1) is 11.3 Å². The van der Waals surface area contributed by atoms with Crippen molar-refractivity contribution in [3.05, 3.63) is 53.0 Å². The summed E-state index contributed by atoms with van der Waals surface area (Å²) in [7, 11) is 1.42. The van der Waals surface area contributed by atoms with Crippen molar-refractivity contribution in [2.24, 2.45) is 5.92 Å². The predicted molar refractivity (Wildman–Crippen MR) is 152 cm³/mol. The maximum atomic E-state index is 13.6. The van der Waals surface area contributed by atoms with E-state index in [-0.39, 0.29) is 36.3 Å². The van der Waals surface area contributed by atoms with Crippen LogP contribution in [0, 0.1) is 5.92 Å². The SMILES string of the molecule is CCN(C(=O)Cn1c(C(=O)N[C@H]2CC[C@H](C(=O)OC)CC2)cc2sccc21)c1cccc(CCCBr)c1. The predicted octanol–water partition coefficient (Wildman–Crippen LogP) is 5.55. The van der Waals surface area contributed by atoms with E-state index in [1.165, 1.54) is 12.7 Å². The fourth-order valence-corrected chi connectivity index (χ4v) is 6.21. The Kier molecular flexibility index (Phi) is 9.43. The number of rotatable bonds is 10. The maximum absolute atomic E-state index is 13.6. The molecule has 9 heteroatoms. The van der Waals surface area contributed by atoms with Crippen molar-refractivity contribution in [3.8, 4) is 0 Å². The van der Waals surface area contributed by atoms with E-state index in [4.69, 9.17) is 4.74 Å². The summed E-state index contributed by atoms with van der Waals surface area (Å²) < 4.78 is 7.68. The number of carbonyl (C=O) groups is 3. The fourth-order valence-electron chi connectivity index (χ4n) is 5.11. The van der Waals surface area contributed by atoms with E-state index >= 15 is 0 Å². The average molecular weight is 589 g/mol. The van der Waals surface area contributed by atoms with Gasteiger partial charge < -0.3 is 19.5 Å². The molecule has 37 heavy (non-hydrogen) atoms. The second-order valence-corrected chi connectivity index (χ2v) is 11.2. The third kappa shape index (κ3) is 6.44. The van der Waals surface area contributed by atoms with Gasteiger partial charge >= 0.3 is 5.97 Å². The molecule has 0 radical (unpaired) electrons. The van der Waals surface area contributed by atoms with Crippen LogP contribution in [0.1, 0.15) is 55.1 Å². The molecule has 1 aliphatic carbocycles. The number of fused-ring (bicyclic) bond motifs is 1. The largest absolute Gasteiger partial charge is 0.469 e. The first-order chi connectivity index (χ1) is 17.9. The van der Waals surface area contributed by atoms with Gasteiger partial charge in [-0.05, 0) is 80.7 Å². The molecule has 1 fully saturated rings. The lowest BCUT2D eigenvalue weighted by Gasteiger charge is -2.28. The molecule has 0 bridgehead atoms. The number of aryl methyl sites for hydroxylation is 1. The van der Waals surface area contributed by atoms with Crippen LogP contribution in [-0.2, 0) is 27.3 Å². The molecule has 0 unspecified atom stereocenters. The summed E-state index contributed by atoms with van der Waals surface area (Å²) in [6, 6.07) is 12.0. The first-order valence-corrected chi connectivity index (χ1v) is 14.9. The lowest BCUT2D eigenvalue weighted by atomic mass is 9.86. The Bertz CT molecular complexity index is 1250. The number of benzene rings is 1. The number of hydrogen-bond donors (Lipinski definition) is 1. The van der Waals surface area contributed by atoms with Crippen molar-refractivity contribution >= 4 is 61.0 Å². The van der Waals surface area contributed by atoms with E-state index in [9.17, 15) is 14.4 Å². The van der Waals surface area contributed by atoms with Crippen molar-refractivity contribution in [1.82, 2.24) is 9.88 Å². The van der Waals surface area contributed by atoms with Gasteiger partial charge in [0.15, 0.2) is 0 Å². The molecule has 7 nitrogen and oxygen atoms in total. The topological polar surface area (TPSA) is 80.6 Å².